The van der Waals surface area contributed by atoms with Crippen molar-refractivity contribution in [2.45, 2.75) is 26.3 Å². The average Bonchev–Trinajstić information content (AvgIpc) is 3.06. The van der Waals surface area contributed by atoms with Gasteiger partial charge in [0, 0.05) is 28.7 Å². The smallest absolute Gasteiger partial charge is 0.300 e. The molecule has 1 N–H and O–H groups in total. The van der Waals surface area contributed by atoms with Crippen molar-refractivity contribution < 1.29 is 14.7 Å². The molecule has 1 saturated heterocycles. The summed E-state index contributed by atoms with van der Waals surface area (Å²) in [7, 11) is 0. The molecule has 0 saturated carbocycles. The highest BCUT2D eigenvalue weighted by atomic mass is 35.5. The van der Waals surface area contributed by atoms with Gasteiger partial charge in [-0.2, -0.15) is 0 Å². The molecule has 156 valence electrons. The van der Waals surface area contributed by atoms with Gasteiger partial charge < -0.3 is 5.11 Å². The Balaban J connectivity index is 1.94. The monoisotopic (exact) mass is 432 g/mol. The number of hydrogen-bond acceptors (Lipinski definition) is 4. The summed E-state index contributed by atoms with van der Waals surface area (Å²) in [6.45, 7) is 3.88. The maximum Gasteiger partial charge on any atom is 0.300 e. The molecule has 2 aromatic carbocycles. The molecule has 6 heteroatoms. The van der Waals surface area contributed by atoms with Gasteiger partial charge in [0.15, 0.2) is 0 Å². The zero-order valence-electron chi connectivity index (χ0n) is 17.2. The Kier molecular flexibility index (Phi) is 5.61. The highest BCUT2D eigenvalue weighted by Gasteiger charge is 2.47. The summed E-state index contributed by atoms with van der Waals surface area (Å²) < 4.78 is 0. The predicted molar refractivity (Wildman–Crippen MR) is 121 cm³/mol. The van der Waals surface area contributed by atoms with E-state index < -0.39 is 17.7 Å². The quantitative estimate of drug-likeness (QED) is 0.348. The second kappa shape index (κ2) is 8.36. The number of benzene rings is 2. The van der Waals surface area contributed by atoms with Crippen LogP contribution in [0.25, 0.3) is 5.76 Å². The van der Waals surface area contributed by atoms with E-state index in [1.54, 1.807) is 54.9 Å². The highest BCUT2D eigenvalue weighted by Crippen LogP contribution is 2.43. The van der Waals surface area contributed by atoms with Crippen molar-refractivity contribution in [2.24, 2.45) is 0 Å². The third kappa shape index (κ3) is 3.73. The molecule has 1 amide bonds. The van der Waals surface area contributed by atoms with Gasteiger partial charge in [-0.05, 0) is 48.2 Å². The molecule has 1 unspecified atom stereocenters. The molecule has 0 radical (unpaired) electrons. The lowest BCUT2D eigenvalue weighted by Crippen LogP contribution is -2.30. The first-order valence-electron chi connectivity index (χ1n) is 9.98. The molecular weight excluding hydrogens is 412 g/mol. The van der Waals surface area contributed by atoms with Crippen LogP contribution in [-0.4, -0.2) is 21.8 Å². The predicted octanol–water partition coefficient (Wildman–Crippen LogP) is 5.23. The number of halogens is 1. The van der Waals surface area contributed by atoms with Crippen molar-refractivity contribution in [3.8, 4) is 0 Å². The van der Waals surface area contributed by atoms with E-state index in [0.717, 1.165) is 17.5 Å². The van der Waals surface area contributed by atoms with Crippen LogP contribution in [0.3, 0.4) is 0 Å². The van der Waals surface area contributed by atoms with Crippen molar-refractivity contribution in [1.29, 1.82) is 0 Å². The van der Waals surface area contributed by atoms with Crippen LogP contribution in [0.1, 0.15) is 35.2 Å². The van der Waals surface area contributed by atoms with E-state index in [1.807, 2.05) is 26.0 Å². The first-order chi connectivity index (χ1) is 14.9. The van der Waals surface area contributed by atoms with Crippen molar-refractivity contribution in [2.75, 3.05) is 4.90 Å². The number of anilines is 1. The Hall–Kier alpha value is -3.44. The number of pyridine rings is 1. The number of carbonyl (C=O) groups is 2. The van der Waals surface area contributed by atoms with Crippen LogP contribution in [0.5, 0.6) is 0 Å². The lowest BCUT2D eigenvalue weighted by atomic mass is 9.95. The fraction of sp³-hybridized carbons (Fsp3) is 0.160. The van der Waals surface area contributed by atoms with Crippen LogP contribution in [0.15, 0.2) is 72.6 Å². The van der Waals surface area contributed by atoms with Crippen LogP contribution in [0.4, 0.5) is 5.69 Å². The number of aromatic nitrogens is 1. The normalized spacial score (nSPS) is 17.9. The first kappa shape index (κ1) is 20.8. The van der Waals surface area contributed by atoms with Crippen LogP contribution in [0, 0.1) is 6.92 Å². The summed E-state index contributed by atoms with van der Waals surface area (Å²) >= 11 is 6.20. The average molecular weight is 433 g/mol. The SMILES string of the molecule is CCc1ccc(/C(O)=C2\C(=O)C(=O)N(c3cc(Cl)ccc3C)C2c2cccnc2)cc1. The third-order valence-electron chi connectivity index (χ3n) is 5.51. The third-order valence-corrected chi connectivity index (χ3v) is 5.75. The molecule has 1 atom stereocenters. The van der Waals surface area contributed by atoms with E-state index >= 15 is 0 Å². The molecule has 4 rings (SSSR count). The first-order valence-corrected chi connectivity index (χ1v) is 10.4. The topological polar surface area (TPSA) is 70.5 Å². The van der Waals surface area contributed by atoms with Gasteiger partial charge in [-0.1, -0.05) is 54.9 Å². The lowest BCUT2D eigenvalue weighted by Gasteiger charge is -2.26. The van der Waals surface area contributed by atoms with Crippen LogP contribution >= 0.6 is 11.6 Å². The van der Waals surface area contributed by atoms with E-state index in [4.69, 9.17) is 11.6 Å². The summed E-state index contributed by atoms with van der Waals surface area (Å²) in [6.07, 6.45) is 4.07. The lowest BCUT2D eigenvalue weighted by molar-refractivity contribution is -0.132. The summed E-state index contributed by atoms with van der Waals surface area (Å²) in [5.41, 5.74) is 3.54. The number of hydrogen-bond donors (Lipinski definition) is 1. The van der Waals surface area contributed by atoms with Crippen molar-refractivity contribution >= 4 is 34.7 Å². The Labute approximate surface area is 185 Å². The van der Waals surface area contributed by atoms with Gasteiger partial charge in [-0.25, -0.2) is 0 Å². The van der Waals surface area contributed by atoms with E-state index in [2.05, 4.69) is 4.98 Å². The van der Waals surface area contributed by atoms with Gasteiger partial charge >= 0.3 is 0 Å². The maximum absolute atomic E-state index is 13.2. The Morgan fingerprint density at radius 3 is 2.52 bits per heavy atom. The molecule has 2 heterocycles. The van der Waals surface area contributed by atoms with Gasteiger partial charge in [0.05, 0.1) is 11.6 Å². The summed E-state index contributed by atoms with van der Waals surface area (Å²) in [6, 6.07) is 15.2. The molecule has 1 aliphatic heterocycles. The zero-order valence-corrected chi connectivity index (χ0v) is 17.9. The number of amides is 1. The van der Waals surface area contributed by atoms with E-state index in [0.29, 0.717) is 21.8 Å². The maximum atomic E-state index is 13.2. The molecule has 0 aliphatic carbocycles. The fourth-order valence-corrected chi connectivity index (χ4v) is 4.00. The number of carbonyl (C=O) groups excluding carboxylic acids is 2. The Bertz CT molecular complexity index is 1190. The second-order valence-electron chi connectivity index (χ2n) is 7.44. The summed E-state index contributed by atoms with van der Waals surface area (Å²) in [5, 5.41) is 11.6. The molecule has 5 nitrogen and oxygen atoms in total. The van der Waals surface area contributed by atoms with E-state index in [-0.39, 0.29) is 11.3 Å². The van der Waals surface area contributed by atoms with E-state index in [1.165, 1.54) is 4.90 Å². The zero-order chi connectivity index (χ0) is 22.1. The number of aliphatic hydroxyl groups is 1. The number of nitrogens with zero attached hydrogens (tertiary/aromatic N) is 2. The number of Topliss-reactive ketones (excluding diaryl/α,β-unsaturated/α-hetero) is 1. The minimum absolute atomic E-state index is 0.0293. The number of rotatable bonds is 4. The van der Waals surface area contributed by atoms with Gasteiger partial charge in [0.25, 0.3) is 11.7 Å². The Morgan fingerprint density at radius 1 is 1.13 bits per heavy atom. The van der Waals surface area contributed by atoms with Crippen LogP contribution < -0.4 is 4.90 Å². The Morgan fingerprint density at radius 2 is 1.87 bits per heavy atom. The molecule has 1 aromatic heterocycles. The fourth-order valence-electron chi connectivity index (χ4n) is 3.83. The van der Waals surface area contributed by atoms with Gasteiger partial charge in [0.2, 0.25) is 0 Å². The second-order valence-corrected chi connectivity index (χ2v) is 7.87. The summed E-state index contributed by atoms with van der Waals surface area (Å²) in [4.78, 5) is 31.9. The number of aryl methyl sites for hydroxylation is 2. The minimum Gasteiger partial charge on any atom is -0.507 e. The largest absolute Gasteiger partial charge is 0.507 e. The van der Waals surface area contributed by atoms with Crippen molar-refractivity contribution in [3.63, 3.8) is 0 Å². The van der Waals surface area contributed by atoms with Gasteiger partial charge in [-0.3, -0.25) is 19.5 Å². The van der Waals surface area contributed by atoms with Crippen molar-refractivity contribution in [1.82, 2.24) is 4.98 Å². The molecule has 0 spiro atoms. The summed E-state index contributed by atoms with van der Waals surface area (Å²) in [5.74, 6) is -1.67. The van der Waals surface area contributed by atoms with Gasteiger partial charge in [0.1, 0.15) is 5.76 Å². The number of aliphatic hydroxyl groups excluding tert-OH is 1. The van der Waals surface area contributed by atoms with Crippen LogP contribution in [-0.2, 0) is 16.0 Å². The molecule has 0 bridgehead atoms. The molecule has 1 aliphatic rings. The molecule has 1 fully saturated rings. The molecule has 31 heavy (non-hydrogen) atoms. The molecular formula is C25H21ClN2O3. The van der Waals surface area contributed by atoms with Crippen LogP contribution in [0.2, 0.25) is 5.02 Å². The number of ketones is 1. The highest BCUT2D eigenvalue weighted by molar-refractivity contribution is 6.52. The standard InChI is InChI=1S/C25H21ClN2O3/c1-3-16-7-9-17(10-8-16)23(29)21-22(18-5-4-12-27-14-18)28(25(31)24(21)30)20-13-19(26)11-6-15(20)2/h4-14,22,29H,3H2,1-2H3/b23-21+. The van der Waals surface area contributed by atoms with E-state index in [9.17, 15) is 14.7 Å². The van der Waals surface area contributed by atoms with Gasteiger partial charge in [-0.15, -0.1) is 0 Å². The van der Waals surface area contributed by atoms with Crippen molar-refractivity contribution in [3.05, 3.63) is 99.8 Å². The molecule has 3 aromatic rings. The minimum atomic E-state index is -0.822.